The average molecular weight is 487 g/mol. The van der Waals surface area contributed by atoms with Crippen molar-refractivity contribution in [1.82, 2.24) is 4.90 Å². The minimum Gasteiger partial charge on any atom is -0.465 e. The highest BCUT2D eigenvalue weighted by Gasteiger charge is 2.74. The number of amides is 2. The van der Waals surface area contributed by atoms with Gasteiger partial charge in [-0.25, -0.2) is 0 Å². The number of nitrogens with zero attached hydrogens (tertiary/aromatic N) is 2. The number of benzene rings is 1. The van der Waals surface area contributed by atoms with Crippen molar-refractivity contribution < 1.29 is 29.0 Å². The van der Waals surface area contributed by atoms with E-state index in [9.17, 15) is 19.5 Å². The largest absolute Gasteiger partial charge is 0.465 e. The zero-order chi connectivity index (χ0) is 24.1. The fourth-order valence-corrected chi connectivity index (χ4v) is 6.09. The molecule has 0 saturated carbocycles. The van der Waals surface area contributed by atoms with Crippen LogP contribution in [-0.2, 0) is 23.9 Å². The van der Waals surface area contributed by atoms with Gasteiger partial charge in [0.05, 0.1) is 28.8 Å². The molecule has 4 aliphatic heterocycles. The van der Waals surface area contributed by atoms with Gasteiger partial charge in [0.25, 0.3) is 5.91 Å². The molecule has 5 rings (SSSR count). The standard InChI is InChI=1S/C25H27ClN2O6/c1-24-10-4-5-15-33-23(32)19(24)18-21(30)28(13-7-14-29)20-22(31)27(12-6-11-25(18,20)34-24)17-9-3-2-8-16(17)26/h2-4,6,8-11,18-20,29H,5,7,12-15H2,1H3/t18-,19-,20?,24+,25-/m0/s1. The van der Waals surface area contributed by atoms with Crippen LogP contribution in [0.25, 0.3) is 0 Å². The third-order valence-corrected chi connectivity index (χ3v) is 7.54. The van der Waals surface area contributed by atoms with Crippen LogP contribution in [-0.4, -0.2) is 71.3 Å². The van der Waals surface area contributed by atoms with Crippen molar-refractivity contribution in [1.29, 1.82) is 0 Å². The molecule has 5 atom stereocenters. The van der Waals surface area contributed by atoms with Crippen molar-refractivity contribution in [2.24, 2.45) is 11.8 Å². The van der Waals surface area contributed by atoms with Crippen molar-refractivity contribution in [2.45, 2.75) is 37.0 Å². The van der Waals surface area contributed by atoms with E-state index in [0.717, 1.165) is 0 Å². The van der Waals surface area contributed by atoms with Gasteiger partial charge in [0, 0.05) is 19.7 Å². The molecule has 1 spiro atoms. The molecule has 0 aliphatic carbocycles. The van der Waals surface area contributed by atoms with Crippen molar-refractivity contribution in [3.05, 3.63) is 53.6 Å². The second-order valence-corrected chi connectivity index (χ2v) is 9.67. The Morgan fingerprint density at radius 2 is 1.91 bits per heavy atom. The van der Waals surface area contributed by atoms with E-state index in [4.69, 9.17) is 21.1 Å². The van der Waals surface area contributed by atoms with Crippen LogP contribution in [0.15, 0.2) is 48.6 Å². The third-order valence-electron chi connectivity index (χ3n) is 7.22. The Bertz CT molecular complexity index is 1090. The smallest absolute Gasteiger partial charge is 0.313 e. The number of aliphatic hydroxyl groups excluding tert-OH is 1. The quantitative estimate of drug-likeness (QED) is 0.517. The van der Waals surface area contributed by atoms with Crippen LogP contribution in [0, 0.1) is 11.8 Å². The summed E-state index contributed by atoms with van der Waals surface area (Å²) < 4.78 is 12.1. The Morgan fingerprint density at radius 3 is 2.68 bits per heavy atom. The third kappa shape index (κ3) is 3.31. The number of likely N-dealkylation sites (tertiary alicyclic amines) is 1. The molecule has 2 saturated heterocycles. The number of halogens is 1. The van der Waals surface area contributed by atoms with Crippen LogP contribution in [0.2, 0.25) is 5.02 Å². The van der Waals surface area contributed by atoms with E-state index in [2.05, 4.69) is 0 Å². The monoisotopic (exact) mass is 486 g/mol. The molecule has 0 radical (unpaired) electrons. The SMILES string of the molecule is C[C@@]12C=CCCOC(=O)[C@@H]1[C@H]1C(=O)N(CCCO)C3C(=O)N(c4ccccc4Cl)CC=C[C@@]31O2. The number of carbonyl (C=O) groups excluding carboxylic acids is 3. The van der Waals surface area contributed by atoms with Crippen molar-refractivity contribution >= 4 is 35.1 Å². The molecule has 0 aromatic heterocycles. The first-order chi connectivity index (χ1) is 16.3. The summed E-state index contributed by atoms with van der Waals surface area (Å²) in [7, 11) is 0. The lowest BCUT2D eigenvalue weighted by atomic mass is 9.74. The highest BCUT2D eigenvalue weighted by atomic mass is 35.5. The summed E-state index contributed by atoms with van der Waals surface area (Å²) in [4.78, 5) is 44.1. The molecule has 4 heterocycles. The van der Waals surface area contributed by atoms with Gasteiger partial charge in [-0.2, -0.15) is 0 Å². The van der Waals surface area contributed by atoms with Gasteiger partial charge in [-0.15, -0.1) is 0 Å². The molecule has 34 heavy (non-hydrogen) atoms. The summed E-state index contributed by atoms with van der Waals surface area (Å²) in [5, 5.41) is 9.87. The Labute approximate surface area is 202 Å². The van der Waals surface area contributed by atoms with E-state index in [1.807, 2.05) is 12.2 Å². The minimum atomic E-state index is -1.35. The normalized spacial score (nSPS) is 34.8. The predicted molar refractivity (Wildman–Crippen MR) is 124 cm³/mol. The maximum Gasteiger partial charge on any atom is 0.313 e. The number of carbonyl (C=O) groups is 3. The highest BCUT2D eigenvalue weighted by Crippen LogP contribution is 2.57. The van der Waals surface area contributed by atoms with E-state index in [0.29, 0.717) is 23.6 Å². The molecule has 4 aliphatic rings. The molecule has 2 amide bonds. The van der Waals surface area contributed by atoms with Crippen molar-refractivity contribution in [2.75, 3.05) is 31.2 Å². The number of ether oxygens (including phenoxy) is 2. The Morgan fingerprint density at radius 1 is 1.12 bits per heavy atom. The molecule has 1 unspecified atom stereocenters. The highest BCUT2D eigenvalue weighted by molar-refractivity contribution is 6.34. The van der Waals surface area contributed by atoms with E-state index in [1.165, 1.54) is 4.90 Å². The number of fused-ring (bicyclic) bond motifs is 2. The molecule has 2 fully saturated rings. The van der Waals surface area contributed by atoms with Gasteiger partial charge in [-0.1, -0.05) is 48.0 Å². The summed E-state index contributed by atoms with van der Waals surface area (Å²) >= 11 is 6.42. The summed E-state index contributed by atoms with van der Waals surface area (Å²) in [6.45, 7) is 2.25. The van der Waals surface area contributed by atoms with E-state index in [-0.39, 0.29) is 38.1 Å². The summed E-state index contributed by atoms with van der Waals surface area (Å²) in [5.41, 5.74) is -1.93. The number of hydrogen-bond donors (Lipinski definition) is 1. The predicted octanol–water partition coefficient (Wildman–Crippen LogP) is 2.10. The summed E-state index contributed by atoms with van der Waals surface area (Å²) in [6.07, 6.45) is 8.12. The lowest BCUT2D eigenvalue weighted by Gasteiger charge is -2.37. The minimum absolute atomic E-state index is 0.140. The number of rotatable bonds is 4. The van der Waals surface area contributed by atoms with Crippen molar-refractivity contribution in [3.8, 4) is 0 Å². The Balaban J connectivity index is 1.65. The average Bonchev–Trinajstić information content (AvgIpc) is 3.12. The van der Waals surface area contributed by atoms with Gasteiger partial charge in [-0.3, -0.25) is 14.4 Å². The number of para-hydroxylation sites is 1. The molecule has 180 valence electrons. The first kappa shape index (κ1) is 23.1. The topological polar surface area (TPSA) is 96.4 Å². The zero-order valence-electron chi connectivity index (χ0n) is 18.9. The molecule has 1 aromatic rings. The molecular weight excluding hydrogens is 460 g/mol. The molecule has 8 nitrogen and oxygen atoms in total. The fourth-order valence-electron chi connectivity index (χ4n) is 5.86. The number of anilines is 1. The lowest BCUT2D eigenvalue weighted by Crippen LogP contribution is -2.56. The van der Waals surface area contributed by atoms with E-state index >= 15 is 0 Å². The van der Waals surface area contributed by atoms with Crippen LogP contribution in [0.5, 0.6) is 0 Å². The summed E-state index contributed by atoms with van der Waals surface area (Å²) in [6, 6.07) is 6.02. The Kier molecular flexibility index (Phi) is 5.78. The fraction of sp³-hybridized carbons (Fsp3) is 0.480. The number of cyclic esters (lactones) is 1. The van der Waals surface area contributed by atoms with Crippen LogP contribution in [0.1, 0.15) is 19.8 Å². The second-order valence-electron chi connectivity index (χ2n) is 9.27. The number of esters is 1. The van der Waals surface area contributed by atoms with Crippen LogP contribution in [0.3, 0.4) is 0 Å². The van der Waals surface area contributed by atoms with Crippen LogP contribution in [0.4, 0.5) is 5.69 Å². The second kappa shape index (κ2) is 8.52. The van der Waals surface area contributed by atoms with Gasteiger partial charge >= 0.3 is 5.97 Å². The lowest BCUT2D eigenvalue weighted by molar-refractivity contribution is -0.159. The van der Waals surface area contributed by atoms with Gasteiger partial charge in [0.1, 0.15) is 17.6 Å². The van der Waals surface area contributed by atoms with Gasteiger partial charge in [0.2, 0.25) is 5.91 Å². The maximum absolute atomic E-state index is 14.1. The summed E-state index contributed by atoms with van der Waals surface area (Å²) in [5.74, 6) is -3.03. The van der Waals surface area contributed by atoms with E-state index < -0.39 is 35.0 Å². The zero-order valence-corrected chi connectivity index (χ0v) is 19.6. The van der Waals surface area contributed by atoms with Gasteiger partial charge in [-0.05, 0) is 31.9 Å². The number of hydrogen-bond acceptors (Lipinski definition) is 6. The first-order valence-corrected chi connectivity index (χ1v) is 11.9. The van der Waals surface area contributed by atoms with Gasteiger partial charge < -0.3 is 24.4 Å². The molecule has 0 bridgehead atoms. The first-order valence-electron chi connectivity index (χ1n) is 11.5. The molecule has 1 N–H and O–H groups in total. The number of aliphatic hydroxyl groups is 1. The van der Waals surface area contributed by atoms with Crippen LogP contribution < -0.4 is 4.90 Å². The maximum atomic E-state index is 14.1. The van der Waals surface area contributed by atoms with E-state index in [1.54, 1.807) is 48.2 Å². The molecule has 9 heteroatoms. The molecular formula is C25H27ClN2O6. The van der Waals surface area contributed by atoms with Crippen LogP contribution >= 0.6 is 11.6 Å². The van der Waals surface area contributed by atoms with Crippen molar-refractivity contribution in [3.63, 3.8) is 0 Å². The molecule has 1 aromatic carbocycles. The van der Waals surface area contributed by atoms with Gasteiger partial charge in [0.15, 0.2) is 0 Å². The Hall–Kier alpha value is -2.68.